The van der Waals surface area contributed by atoms with Gasteiger partial charge in [-0.3, -0.25) is 4.79 Å². The first kappa shape index (κ1) is 21.1. The molecule has 3 nitrogen and oxygen atoms in total. The molecule has 0 atom stereocenters. The predicted molar refractivity (Wildman–Crippen MR) is 126 cm³/mol. The van der Waals surface area contributed by atoms with Gasteiger partial charge in [0.05, 0.1) is 5.56 Å². The fraction of sp³-hybridized carbons (Fsp3) is 0.185. The Balaban J connectivity index is 1.69. The summed E-state index contributed by atoms with van der Waals surface area (Å²) < 4.78 is 0. The van der Waals surface area contributed by atoms with Crippen molar-refractivity contribution < 1.29 is 14.7 Å². The van der Waals surface area contributed by atoms with Crippen LogP contribution in [0.3, 0.4) is 0 Å². The second-order valence-corrected chi connectivity index (χ2v) is 9.51. The average molecular weight is 429 g/mol. The van der Waals surface area contributed by atoms with Crippen LogP contribution in [0.15, 0.2) is 83.8 Å². The van der Waals surface area contributed by atoms with E-state index >= 15 is 0 Å². The number of ketones is 1. The van der Waals surface area contributed by atoms with Crippen molar-refractivity contribution in [1.29, 1.82) is 0 Å². The molecule has 156 valence electrons. The van der Waals surface area contributed by atoms with Crippen molar-refractivity contribution in [3.63, 3.8) is 0 Å². The van der Waals surface area contributed by atoms with Gasteiger partial charge in [0.15, 0.2) is 5.78 Å². The van der Waals surface area contributed by atoms with Crippen LogP contribution in [0.25, 0.3) is 4.91 Å². The molecule has 1 aliphatic carbocycles. The third-order valence-electron chi connectivity index (χ3n) is 5.70. The van der Waals surface area contributed by atoms with Crippen LogP contribution < -0.4 is 0 Å². The van der Waals surface area contributed by atoms with Crippen molar-refractivity contribution in [2.75, 3.05) is 0 Å². The molecule has 3 aromatic carbocycles. The molecular weight excluding hydrogens is 404 g/mol. The highest BCUT2D eigenvalue weighted by molar-refractivity contribution is 8.08. The van der Waals surface area contributed by atoms with Gasteiger partial charge in [0.1, 0.15) is 0 Å². The zero-order valence-electron chi connectivity index (χ0n) is 17.6. The Morgan fingerprint density at radius 3 is 2.26 bits per heavy atom. The fourth-order valence-corrected chi connectivity index (χ4v) is 5.00. The molecule has 1 N–H and O–H groups in total. The van der Waals surface area contributed by atoms with Crippen molar-refractivity contribution in [2.24, 2.45) is 0 Å². The molecule has 4 rings (SSSR count). The second kappa shape index (κ2) is 8.56. The van der Waals surface area contributed by atoms with Crippen LogP contribution in [-0.2, 0) is 11.8 Å². The quantitative estimate of drug-likeness (QED) is 0.448. The van der Waals surface area contributed by atoms with E-state index in [0.717, 1.165) is 17.5 Å². The number of hydrogen-bond acceptors (Lipinski definition) is 3. The van der Waals surface area contributed by atoms with Crippen LogP contribution >= 0.6 is 11.8 Å². The van der Waals surface area contributed by atoms with Gasteiger partial charge in [-0.15, -0.1) is 0 Å². The summed E-state index contributed by atoms with van der Waals surface area (Å²) in [4.78, 5) is 26.5. The van der Waals surface area contributed by atoms with E-state index in [9.17, 15) is 9.59 Å². The van der Waals surface area contributed by atoms with Crippen molar-refractivity contribution in [1.82, 2.24) is 0 Å². The standard InChI is InChI=1S/C27H24O3S/c1-27(2)16-15-24(31-21-8-4-3-5-9-21)25-20(7-6-10-22(25)27)17-23(28)18-11-13-19(14-12-18)26(29)30/h3-15H,16-17H2,1-2H3,(H,29,30). The lowest BCUT2D eigenvalue weighted by molar-refractivity contribution is 0.0696. The number of allylic oxidation sites excluding steroid dienone is 1. The molecule has 0 amide bonds. The summed E-state index contributed by atoms with van der Waals surface area (Å²) in [6, 6.07) is 22.7. The molecule has 1 aliphatic rings. The highest BCUT2D eigenvalue weighted by Gasteiger charge is 2.30. The number of Topliss-reactive ketones (excluding diaryl/α,β-unsaturated/α-hetero) is 1. The second-order valence-electron chi connectivity index (χ2n) is 8.39. The highest BCUT2D eigenvalue weighted by atomic mass is 32.2. The largest absolute Gasteiger partial charge is 0.478 e. The van der Waals surface area contributed by atoms with E-state index < -0.39 is 5.97 Å². The molecule has 0 aromatic heterocycles. The van der Waals surface area contributed by atoms with Crippen LogP contribution in [0.4, 0.5) is 0 Å². The van der Waals surface area contributed by atoms with Crippen LogP contribution in [0, 0.1) is 0 Å². The topological polar surface area (TPSA) is 54.4 Å². The number of carboxylic acids is 1. The van der Waals surface area contributed by atoms with Crippen LogP contribution in [0.1, 0.15) is 57.7 Å². The summed E-state index contributed by atoms with van der Waals surface area (Å²) in [6.07, 6.45) is 3.51. The SMILES string of the molecule is CC1(C)CC=C(Sc2ccccc2)c2c(CC(=O)c3ccc(C(=O)O)cc3)cccc21. The number of carboxylic acid groups (broad SMARTS) is 1. The number of thioether (sulfide) groups is 1. The first-order chi connectivity index (χ1) is 14.8. The Kier molecular flexibility index (Phi) is 5.84. The van der Waals surface area contributed by atoms with Gasteiger partial charge >= 0.3 is 5.97 Å². The third kappa shape index (κ3) is 4.49. The number of carbonyl (C=O) groups excluding carboxylic acids is 1. The lowest BCUT2D eigenvalue weighted by atomic mass is 9.74. The minimum Gasteiger partial charge on any atom is -0.478 e. The van der Waals surface area contributed by atoms with E-state index in [-0.39, 0.29) is 23.2 Å². The van der Waals surface area contributed by atoms with Crippen LogP contribution in [0.5, 0.6) is 0 Å². The van der Waals surface area contributed by atoms with Gasteiger partial charge in [-0.05, 0) is 52.8 Å². The normalized spacial score (nSPS) is 14.5. The molecule has 3 aromatic rings. The van der Waals surface area contributed by atoms with Gasteiger partial charge in [-0.25, -0.2) is 4.79 Å². The molecule has 0 bridgehead atoms. The summed E-state index contributed by atoms with van der Waals surface area (Å²) in [5.41, 5.74) is 4.13. The maximum absolute atomic E-state index is 13.0. The Labute approximate surface area is 186 Å². The molecule has 31 heavy (non-hydrogen) atoms. The number of benzene rings is 3. The molecule has 0 saturated carbocycles. The fourth-order valence-electron chi connectivity index (χ4n) is 3.94. The van der Waals surface area contributed by atoms with Crippen molar-refractivity contribution in [3.05, 3.63) is 107 Å². The summed E-state index contributed by atoms with van der Waals surface area (Å²) in [7, 11) is 0. The molecule has 0 spiro atoms. The Morgan fingerprint density at radius 1 is 0.903 bits per heavy atom. The van der Waals surface area contributed by atoms with Gasteiger partial charge in [-0.2, -0.15) is 0 Å². The van der Waals surface area contributed by atoms with E-state index in [0.29, 0.717) is 5.56 Å². The number of carbonyl (C=O) groups is 2. The first-order valence-electron chi connectivity index (χ1n) is 10.3. The Hall–Kier alpha value is -3.11. The van der Waals surface area contributed by atoms with E-state index in [1.165, 1.54) is 27.5 Å². The zero-order chi connectivity index (χ0) is 22.0. The average Bonchev–Trinajstić information content (AvgIpc) is 2.77. The summed E-state index contributed by atoms with van der Waals surface area (Å²) in [6.45, 7) is 4.48. The molecule has 0 unspecified atom stereocenters. The van der Waals surface area contributed by atoms with E-state index in [4.69, 9.17) is 5.11 Å². The molecule has 0 saturated heterocycles. The van der Waals surface area contributed by atoms with E-state index in [1.807, 2.05) is 30.3 Å². The maximum atomic E-state index is 13.0. The van der Waals surface area contributed by atoms with Gasteiger partial charge in [0, 0.05) is 21.8 Å². The number of fused-ring (bicyclic) bond motifs is 1. The minimum absolute atomic E-state index is 0.00171. The molecule has 0 fully saturated rings. The zero-order valence-corrected chi connectivity index (χ0v) is 18.4. The number of rotatable bonds is 6. The minimum atomic E-state index is -0.994. The first-order valence-corrected chi connectivity index (χ1v) is 11.1. The van der Waals surface area contributed by atoms with Crippen molar-refractivity contribution in [2.45, 2.75) is 37.0 Å². The predicted octanol–water partition coefficient (Wildman–Crippen LogP) is 6.62. The van der Waals surface area contributed by atoms with Crippen molar-refractivity contribution >= 4 is 28.4 Å². The Morgan fingerprint density at radius 2 is 1.58 bits per heavy atom. The van der Waals surface area contributed by atoms with E-state index in [2.05, 4.69) is 38.1 Å². The van der Waals surface area contributed by atoms with Crippen LogP contribution in [0.2, 0.25) is 0 Å². The smallest absolute Gasteiger partial charge is 0.335 e. The lowest BCUT2D eigenvalue weighted by Gasteiger charge is -2.33. The van der Waals surface area contributed by atoms with E-state index in [1.54, 1.807) is 23.9 Å². The molecular formula is C27H24O3S. The lowest BCUT2D eigenvalue weighted by Crippen LogP contribution is -2.22. The monoisotopic (exact) mass is 428 g/mol. The Bertz CT molecular complexity index is 1160. The van der Waals surface area contributed by atoms with Gasteiger partial charge in [0.25, 0.3) is 0 Å². The molecule has 4 heteroatoms. The third-order valence-corrected chi connectivity index (χ3v) is 6.80. The summed E-state index contributed by atoms with van der Waals surface area (Å²) >= 11 is 1.73. The molecule has 0 radical (unpaired) electrons. The van der Waals surface area contributed by atoms with Gasteiger partial charge < -0.3 is 5.11 Å². The summed E-state index contributed by atoms with van der Waals surface area (Å²) in [5.74, 6) is -1.01. The van der Waals surface area contributed by atoms with Gasteiger partial charge in [0.2, 0.25) is 0 Å². The number of hydrogen-bond donors (Lipinski definition) is 1. The van der Waals surface area contributed by atoms with Gasteiger partial charge in [-0.1, -0.05) is 80.2 Å². The van der Waals surface area contributed by atoms with Crippen LogP contribution in [-0.4, -0.2) is 16.9 Å². The molecule has 0 aliphatic heterocycles. The summed E-state index contributed by atoms with van der Waals surface area (Å²) in [5, 5.41) is 9.09. The maximum Gasteiger partial charge on any atom is 0.335 e. The number of aromatic carboxylic acids is 1. The van der Waals surface area contributed by atoms with Crippen molar-refractivity contribution in [3.8, 4) is 0 Å². The molecule has 0 heterocycles. The highest BCUT2D eigenvalue weighted by Crippen LogP contribution is 2.46.